The lowest BCUT2D eigenvalue weighted by Gasteiger charge is -2.19. The summed E-state index contributed by atoms with van der Waals surface area (Å²) in [5.41, 5.74) is 7.71. The highest BCUT2D eigenvalue weighted by Gasteiger charge is 2.35. The van der Waals surface area contributed by atoms with Crippen LogP contribution in [0.5, 0.6) is 0 Å². The fourth-order valence-electron chi connectivity index (χ4n) is 3.59. The third-order valence-corrected chi connectivity index (χ3v) is 5.32. The van der Waals surface area contributed by atoms with Crippen molar-refractivity contribution in [3.63, 3.8) is 0 Å². The fraction of sp³-hybridized carbons (Fsp3) is 0.350. The maximum Gasteiger partial charge on any atom is 0.251 e. The van der Waals surface area contributed by atoms with Crippen LogP contribution in [0.3, 0.4) is 0 Å². The molecule has 0 heterocycles. The summed E-state index contributed by atoms with van der Waals surface area (Å²) in [6.07, 6.45) is 0.0405. The second-order valence-corrected chi connectivity index (χ2v) is 6.49. The summed E-state index contributed by atoms with van der Waals surface area (Å²) in [4.78, 5) is 12.4. The number of carbonyl (C=O) groups excluding carboxylic acids is 1. The van der Waals surface area contributed by atoms with E-state index in [1.165, 1.54) is 22.3 Å². The molecule has 2 aromatic carbocycles. The molecular weight excluding hydrogens is 286 g/mol. The standard InChI is InChI=1S/C20H23NO2/c1-11-12(2)14(4)18-16(13(11)3)10-17(19(18)22)21-20(23)15-8-6-5-7-9-15/h5-9,17,19,22H,10H2,1-4H3,(H,21,23). The number of rotatable bonds is 2. The van der Waals surface area contributed by atoms with Crippen molar-refractivity contribution in [2.45, 2.75) is 46.3 Å². The van der Waals surface area contributed by atoms with Crippen LogP contribution in [0.1, 0.15) is 49.8 Å². The van der Waals surface area contributed by atoms with Gasteiger partial charge >= 0.3 is 0 Å². The average molecular weight is 309 g/mol. The van der Waals surface area contributed by atoms with E-state index >= 15 is 0 Å². The minimum atomic E-state index is -0.643. The Morgan fingerprint density at radius 1 is 1.00 bits per heavy atom. The van der Waals surface area contributed by atoms with E-state index in [0.29, 0.717) is 12.0 Å². The summed E-state index contributed by atoms with van der Waals surface area (Å²) < 4.78 is 0. The van der Waals surface area contributed by atoms with Crippen molar-refractivity contribution in [3.05, 3.63) is 69.3 Å². The van der Waals surface area contributed by atoms with Crippen LogP contribution < -0.4 is 5.32 Å². The van der Waals surface area contributed by atoms with E-state index in [0.717, 1.165) is 11.1 Å². The van der Waals surface area contributed by atoms with Crippen molar-refractivity contribution in [1.82, 2.24) is 5.32 Å². The van der Waals surface area contributed by atoms with Gasteiger partial charge in [0.05, 0.1) is 6.04 Å². The van der Waals surface area contributed by atoms with Crippen LogP contribution in [-0.4, -0.2) is 17.1 Å². The number of nitrogens with one attached hydrogen (secondary N) is 1. The maximum atomic E-state index is 12.4. The summed E-state index contributed by atoms with van der Waals surface area (Å²) >= 11 is 0. The van der Waals surface area contributed by atoms with Gasteiger partial charge in [0.2, 0.25) is 0 Å². The molecule has 0 saturated carbocycles. The molecule has 120 valence electrons. The second-order valence-electron chi connectivity index (χ2n) is 6.49. The van der Waals surface area contributed by atoms with E-state index in [4.69, 9.17) is 0 Å². The third-order valence-electron chi connectivity index (χ3n) is 5.32. The summed E-state index contributed by atoms with van der Waals surface area (Å²) in [5.74, 6) is -0.133. The van der Waals surface area contributed by atoms with Crippen LogP contribution in [0.15, 0.2) is 30.3 Å². The van der Waals surface area contributed by atoms with Crippen LogP contribution in [0.25, 0.3) is 0 Å². The van der Waals surface area contributed by atoms with Crippen molar-refractivity contribution in [1.29, 1.82) is 0 Å². The van der Waals surface area contributed by atoms with Crippen molar-refractivity contribution >= 4 is 5.91 Å². The Morgan fingerprint density at radius 2 is 1.61 bits per heavy atom. The Kier molecular flexibility index (Phi) is 3.99. The van der Waals surface area contributed by atoms with Gasteiger partial charge in [-0.2, -0.15) is 0 Å². The average Bonchev–Trinajstić information content (AvgIpc) is 2.88. The quantitative estimate of drug-likeness (QED) is 0.894. The molecule has 0 fully saturated rings. The third kappa shape index (κ3) is 2.55. The monoisotopic (exact) mass is 309 g/mol. The highest BCUT2D eigenvalue weighted by Crippen LogP contribution is 2.39. The van der Waals surface area contributed by atoms with Gasteiger partial charge in [0, 0.05) is 5.56 Å². The molecule has 2 unspecified atom stereocenters. The fourth-order valence-corrected chi connectivity index (χ4v) is 3.59. The normalized spacial score (nSPS) is 19.5. The van der Waals surface area contributed by atoms with E-state index in [-0.39, 0.29) is 11.9 Å². The number of benzene rings is 2. The SMILES string of the molecule is Cc1c(C)c(C)c2c(c1C)CC(NC(=O)c1ccccc1)C2O. The largest absolute Gasteiger partial charge is 0.386 e. The Morgan fingerprint density at radius 3 is 2.26 bits per heavy atom. The van der Waals surface area contributed by atoms with E-state index in [9.17, 15) is 9.90 Å². The van der Waals surface area contributed by atoms with E-state index in [1.807, 2.05) is 18.2 Å². The van der Waals surface area contributed by atoms with Crippen LogP contribution in [0.4, 0.5) is 0 Å². The molecular formula is C20H23NO2. The van der Waals surface area contributed by atoms with Gasteiger partial charge in [0.25, 0.3) is 5.91 Å². The smallest absolute Gasteiger partial charge is 0.251 e. The lowest BCUT2D eigenvalue weighted by Crippen LogP contribution is -2.37. The Bertz CT molecular complexity index is 765. The van der Waals surface area contributed by atoms with Gasteiger partial charge in [-0.05, 0) is 79.6 Å². The molecule has 0 spiro atoms. The molecule has 0 bridgehead atoms. The van der Waals surface area contributed by atoms with Crippen molar-refractivity contribution in [3.8, 4) is 0 Å². The first-order valence-electron chi connectivity index (χ1n) is 8.05. The van der Waals surface area contributed by atoms with Gasteiger partial charge in [-0.3, -0.25) is 4.79 Å². The van der Waals surface area contributed by atoms with Gasteiger partial charge in [-0.15, -0.1) is 0 Å². The number of aliphatic hydroxyl groups excluding tert-OH is 1. The molecule has 1 aliphatic rings. The topological polar surface area (TPSA) is 49.3 Å². The number of hydrogen-bond donors (Lipinski definition) is 2. The first kappa shape index (κ1) is 15.8. The van der Waals surface area contributed by atoms with Crippen LogP contribution in [-0.2, 0) is 6.42 Å². The molecule has 3 nitrogen and oxygen atoms in total. The minimum absolute atomic E-state index is 0.133. The van der Waals surface area contributed by atoms with Crippen molar-refractivity contribution < 1.29 is 9.90 Å². The zero-order valence-electron chi connectivity index (χ0n) is 14.1. The molecule has 0 radical (unpaired) electrons. The lowest BCUT2D eigenvalue weighted by molar-refractivity contribution is 0.0858. The summed E-state index contributed by atoms with van der Waals surface area (Å²) in [6, 6.07) is 8.88. The number of carbonyl (C=O) groups is 1. The van der Waals surface area contributed by atoms with Gasteiger partial charge in [-0.25, -0.2) is 0 Å². The number of hydrogen-bond acceptors (Lipinski definition) is 2. The first-order chi connectivity index (χ1) is 10.9. The predicted molar refractivity (Wildman–Crippen MR) is 91.8 cm³/mol. The molecule has 3 heteroatoms. The molecule has 1 aliphatic carbocycles. The van der Waals surface area contributed by atoms with Crippen LogP contribution in [0, 0.1) is 27.7 Å². The van der Waals surface area contributed by atoms with Gasteiger partial charge < -0.3 is 10.4 Å². The second kappa shape index (κ2) is 5.82. The molecule has 1 amide bonds. The number of fused-ring (bicyclic) bond motifs is 1. The summed E-state index contributed by atoms with van der Waals surface area (Å²) in [6.45, 7) is 8.39. The molecule has 0 aliphatic heterocycles. The Labute approximate surface area is 137 Å². The molecule has 2 N–H and O–H groups in total. The minimum Gasteiger partial charge on any atom is -0.386 e. The molecule has 0 saturated heterocycles. The molecule has 2 atom stereocenters. The summed E-state index contributed by atoms with van der Waals surface area (Å²) in [7, 11) is 0. The van der Waals surface area contributed by atoms with Gasteiger partial charge in [-0.1, -0.05) is 18.2 Å². The summed E-state index contributed by atoms with van der Waals surface area (Å²) in [5, 5.41) is 13.7. The Hall–Kier alpha value is -2.13. The molecule has 3 rings (SSSR count). The first-order valence-corrected chi connectivity index (χ1v) is 8.05. The zero-order valence-corrected chi connectivity index (χ0v) is 14.1. The van der Waals surface area contributed by atoms with Gasteiger partial charge in [0.1, 0.15) is 6.10 Å². The molecule has 0 aromatic heterocycles. The van der Waals surface area contributed by atoms with Crippen molar-refractivity contribution in [2.24, 2.45) is 0 Å². The van der Waals surface area contributed by atoms with Crippen LogP contribution in [0.2, 0.25) is 0 Å². The maximum absolute atomic E-state index is 12.4. The predicted octanol–water partition coefficient (Wildman–Crippen LogP) is 3.31. The Balaban J connectivity index is 1.90. The van der Waals surface area contributed by atoms with E-state index in [1.54, 1.807) is 12.1 Å². The number of aliphatic hydroxyl groups is 1. The highest BCUT2D eigenvalue weighted by molar-refractivity contribution is 5.94. The molecule has 2 aromatic rings. The van der Waals surface area contributed by atoms with E-state index < -0.39 is 6.10 Å². The number of amides is 1. The molecule has 23 heavy (non-hydrogen) atoms. The van der Waals surface area contributed by atoms with Crippen molar-refractivity contribution in [2.75, 3.05) is 0 Å². The van der Waals surface area contributed by atoms with Gasteiger partial charge in [0.15, 0.2) is 0 Å². The van der Waals surface area contributed by atoms with E-state index in [2.05, 4.69) is 33.0 Å². The highest BCUT2D eigenvalue weighted by atomic mass is 16.3. The zero-order chi connectivity index (χ0) is 16.7. The lowest BCUT2D eigenvalue weighted by atomic mass is 9.90. The van der Waals surface area contributed by atoms with Crippen LogP contribution >= 0.6 is 0 Å².